The van der Waals surface area contributed by atoms with Crippen LogP contribution in [-0.4, -0.2) is 12.5 Å². The van der Waals surface area contributed by atoms with Crippen LogP contribution in [0.25, 0.3) is 0 Å². The number of anilines is 1. The standard InChI is InChI=1S/C21H21BrF2N2O2S/c1-21(2,3)11-4-6-13-15(10-25)19(29-17(13)8-11)26-18(27)14-9-12(22)5-7-16(14)28-20(23)24/h5,7,9,11,20H,4,6,8H2,1-3H3,(H,26,27)/t11-/m1/s1. The van der Waals surface area contributed by atoms with Gasteiger partial charge in [-0.25, -0.2) is 0 Å². The van der Waals surface area contributed by atoms with Crippen molar-refractivity contribution < 1.29 is 18.3 Å². The predicted octanol–water partition coefficient (Wildman–Crippen LogP) is 6.39. The summed E-state index contributed by atoms with van der Waals surface area (Å²) in [6, 6.07) is 6.46. The molecule has 0 saturated carbocycles. The molecule has 0 aliphatic heterocycles. The van der Waals surface area contributed by atoms with Crippen LogP contribution < -0.4 is 10.1 Å². The largest absolute Gasteiger partial charge is 0.434 e. The first-order chi connectivity index (χ1) is 13.6. The van der Waals surface area contributed by atoms with Crippen LogP contribution in [-0.2, 0) is 12.8 Å². The van der Waals surface area contributed by atoms with E-state index in [0.29, 0.717) is 21.0 Å². The van der Waals surface area contributed by atoms with Gasteiger partial charge in [0.15, 0.2) is 0 Å². The van der Waals surface area contributed by atoms with Gasteiger partial charge in [0, 0.05) is 9.35 Å². The number of nitriles is 1. The highest BCUT2D eigenvalue weighted by atomic mass is 79.9. The number of nitrogens with one attached hydrogen (secondary N) is 1. The van der Waals surface area contributed by atoms with Gasteiger partial charge >= 0.3 is 6.61 Å². The van der Waals surface area contributed by atoms with Crippen molar-refractivity contribution in [3.63, 3.8) is 0 Å². The Morgan fingerprint density at radius 1 is 1.41 bits per heavy atom. The molecule has 1 aliphatic rings. The van der Waals surface area contributed by atoms with E-state index >= 15 is 0 Å². The van der Waals surface area contributed by atoms with Gasteiger partial charge < -0.3 is 10.1 Å². The summed E-state index contributed by atoms with van der Waals surface area (Å²) in [7, 11) is 0. The highest BCUT2D eigenvalue weighted by molar-refractivity contribution is 9.10. The number of carbonyl (C=O) groups excluding carboxylic acids is 1. The van der Waals surface area contributed by atoms with E-state index in [1.165, 1.54) is 29.5 Å². The van der Waals surface area contributed by atoms with Crippen molar-refractivity contribution in [2.45, 2.75) is 46.6 Å². The SMILES string of the molecule is CC(C)(C)[C@@H]1CCc2c(sc(NC(=O)c3cc(Br)ccc3OC(F)F)c2C#N)C1. The normalized spacial score (nSPS) is 16.3. The van der Waals surface area contributed by atoms with Crippen molar-refractivity contribution in [2.24, 2.45) is 11.3 Å². The maximum absolute atomic E-state index is 12.8. The Labute approximate surface area is 181 Å². The fourth-order valence-corrected chi connectivity index (χ4v) is 5.21. The Hall–Kier alpha value is -1.98. The average molecular weight is 483 g/mol. The average Bonchev–Trinajstić information content (AvgIpc) is 2.98. The molecule has 0 radical (unpaired) electrons. The number of fused-ring (bicyclic) bond motifs is 1. The summed E-state index contributed by atoms with van der Waals surface area (Å²) in [6.07, 6.45) is 2.65. The van der Waals surface area contributed by atoms with Gasteiger partial charge in [-0.3, -0.25) is 4.79 Å². The second-order valence-electron chi connectivity index (χ2n) is 8.10. The number of thiophene rings is 1. The summed E-state index contributed by atoms with van der Waals surface area (Å²) in [6.45, 7) is 3.59. The Morgan fingerprint density at radius 2 is 2.14 bits per heavy atom. The fraction of sp³-hybridized carbons (Fsp3) is 0.429. The summed E-state index contributed by atoms with van der Waals surface area (Å²) in [5, 5.41) is 12.9. The third-order valence-electron chi connectivity index (χ3n) is 5.23. The molecule has 1 atom stereocenters. The molecule has 1 aliphatic carbocycles. The van der Waals surface area contributed by atoms with Crippen molar-refractivity contribution >= 4 is 38.2 Å². The van der Waals surface area contributed by atoms with Crippen LogP contribution in [0, 0.1) is 22.7 Å². The third kappa shape index (κ3) is 4.78. The molecule has 0 fully saturated rings. The zero-order valence-corrected chi connectivity index (χ0v) is 18.7. The topological polar surface area (TPSA) is 62.1 Å². The van der Waals surface area contributed by atoms with Gasteiger partial charge in [0.2, 0.25) is 0 Å². The van der Waals surface area contributed by atoms with Crippen molar-refractivity contribution in [1.29, 1.82) is 5.26 Å². The second kappa shape index (κ2) is 8.41. The molecular formula is C21H21BrF2N2O2S. The lowest BCUT2D eigenvalue weighted by molar-refractivity contribution is -0.0501. The zero-order valence-electron chi connectivity index (χ0n) is 16.3. The van der Waals surface area contributed by atoms with Crippen LogP contribution in [0.4, 0.5) is 13.8 Å². The first kappa shape index (κ1) is 21.7. The van der Waals surface area contributed by atoms with Gasteiger partial charge in [0.25, 0.3) is 5.91 Å². The molecule has 0 spiro atoms. The Bertz CT molecular complexity index is 976. The zero-order chi connectivity index (χ0) is 21.3. The molecule has 1 heterocycles. The minimum Gasteiger partial charge on any atom is -0.434 e. The van der Waals surface area contributed by atoms with E-state index in [1.807, 2.05) is 0 Å². The Morgan fingerprint density at radius 3 is 2.76 bits per heavy atom. The molecule has 3 rings (SSSR count). The van der Waals surface area contributed by atoms with Gasteiger partial charge in [0.05, 0.1) is 11.1 Å². The third-order valence-corrected chi connectivity index (χ3v) is 6.89. The summed E-state index contributed by atoms with van der Waals surface area (Å²) < 4.78 is 30.4. The minimum absolute atomic E-state index is 0.0255. The molecule has 1 aromatic heterocycles. The van der Waals surface area contributed by atoms with E-state index in [9.17, 15) is 18.8 Å². The van der Waals surface area contributed by atoms with Gasteiger partial charge in [-0.15, -0.1) is 11.3 Å². The molecule has 0 saturated heterocycles. The maximum Gasteiger partial charge on any atom is 0.387 e. The number of halogens is 3. The molecule has 4 nitrogen and oxygen atoms in total. The van der Waals surface area contributed by atoms with Gasteiger partial charge in [-0.05, 0) is 54.4 Å². The molecule has 1 aromatic carbocycles. The number of alkyl halides is 2. The van der Waals surface area contributed by atoms with Crippen LogP contribution in [0.5, 0.6) is 5.75 Å². The quantitative estimate of drug-likeness (QED) is 0.549. The molecular weight excluding hydrogens is 462 g/mol. The molecule has 154 valence electrons. The number of benzene rings is 1. The van der Waals surface area contributed by atoms with Crippen LogP contribution in [0.1, 0.15) is 53.6 Å². The van der Waals surface area contributed by atoms with E-state index < -0.39 is 12.5 Å². The van der Waals surface area contributed by atoms with Gasteiger partial charge in [-0.2, -0.15) is 14.0 Å². The van der Waals surface area contributed by atoms with E-state index in [1.54, 1.807) is 0 Å². The number of hydrogen-bond donors (Lipinski definition) is 1. The van der Waals surface area contributed by atoms with Crippen molar-refractivity contribution in [3.05, 3.63) is 44.2 Å². The smallest absolute Gasteiger partial charge is 0.387 e. The van der Waals surface area contributed by atoms with Gasteiger partial charge in [-0.1, -0.05) is 36.7 Å². The van der Waals surface area contributed by atoms with Crippen molar-refractivity contribution in [1.82, 2.24) is 0 Å². The van der Waals surface area contributed by atoms with Crippen LogP contribution in [0.3, 0.4) is 0 Å². The number of rotatable bonds is 4. The van der Waals surface area contributed by atoms with Crippen molar-refractivity contribution in [3.8, 4) is 11.8 Å². The first-order valence-electron chi connectivity index (χ1n) is 9.20. The number of carbonyl (C=O) groups is 1. The molecule has 2 aromatic rings. The summed E-state index contributed by atoms with van der Waals surface area (Å²) in [5.41, 5.74) is 1.60. The summed E-state index contributed by atoms with van der Waals surface area (Å²) >= 11 is 4.64. The molecule has 29 heavy (non-hydrogen) atoms. The molecule has 1 N–H and O–H groups in total. The highest BCUT2D eigenvalue weighted by Crippen LogP contribution is 2.44. The highest BCUT2D eigenvalue weighted by Gasteiger charge is 2.32. The van der Waals surface area contributed by atoms with E-state index in [0.717, 1.165) is 29.7 Å². The maximum atomic E-state index is 12.8. The molecule has 0 bridgehead atoms. The van der Waals surface area contributed by atoms with E-state index in [2.05, 4.69) is 52.8 Å². The summed E-state index contributed by atoms with van der Waals surface area (Å²) in [4.78, 5) is 13.9. The lowest BCUT2D eigenvalue weighted by atomic mass is 9.72. The second-order valence-corrected chi connectivity index (χ2v) is 10.1. The Kier molecular flexibility index (Phi) is 6.30. The van der Waals surface area contributed by atoms with Gasteiger partial charge in [0.1, 0.15) is 16.8 Å². The summed E-state index contributed by atoms with van der Waals surface area (Å²) in [5.74, 6) is -0.308. The van der Waals surface area contributed by atoms with Crippen molar-refractivity contribution in [2.75, 3.05) is 5.32 Å². The molecule has 8 heteroatoms. The first-order valence-corrected chi connectivity index (χ1v) is 10.8. The number of nitrogens with zero attached hydrogens (tertiary/aromatic N) is 1. The van der Waals surface area contributed by atoms with Crippen LogP contribution in [0.2, 0.25) is 0 Å². The fourth-order valence-electron chi connectivity index (χ4n) is 3.58. The van der Waals surface area contributed by atoms with E-state index in [4.69, 9.17) is 0 Å². The lowest BCUT2D eigenvalue weighted by Gasteiger charge is -2.33. The Balaban J connectivity index is 1.90. The number of ether oxygens (including phenoxy) is 1. The molecule has 1 amide bonds. The number of hydrogen-bond acceptors (Lipinski definition) is 4. The van der Waals surface area contributed by atoms with Crippen LogP contribution >= 0.6 is 27.3 Å². The van der Waals surface area contributed by atoms with Crippen LogP contribution in [0.15, 0.2) is 22.7 Å². The monoisotopic (exact) mass is 482 g/mol. The number of amides is 1. The van der Waals surface area contributed by atoms with E-state index in [-0.39, 0.29) is 16.7 Å². The predicted molar refractivity (Wildman–Crippen MR) is 113 cm³/mol. The minimum atomic E-state index is -3.04. The molecule has 0 unspecified atom stereocenters. The lowest BCUT2D eigenvalue weighted by Crippen LogP contribution is -2.26.